The first-order valence-corrected chi connectivity index (χ1v) is 6.47. The van der Waals surface area contributed by atoms with Crippen molar-refractivity contribution in [3.63, 3.8) is 0 Å². The Labute approximate surface area is 106 Å². The largest absolute Gasteiger partial charge is 0.312 e. The summed E-state index contributed by atoms with van der Waals surface area (Å²) in [5.74, 6) is 0.693. The van der Waals surface area contributed by atoms with E-state index in [-0.39, 0.29) is 5.41 Å². The second kappa shape index (κ2) is 5.63. The van der Waals surface area contributed by atoms with E-state index in [9.17, 15) is 0 Å². The van der Waals surface area contributed by atoms with Crippen LogP contribution in [-0.4, -0.2) is 11.5 Å². The van der Waals surface area contributed by atoms with Gasteiger partial charge in [0.1, 0.15) is 0 Å². The molecule has 0 aliphatic heterocycles. The Morgan fingerprint density at radius 1 is 1.29 bits per heavy atom. The second-order valence-corrected chi connectivity index (χ2v) is 6.28. The Morgan fingerprint density at radius 2 is 1.94 bits per heavy atom. The molecule has 2 nitrogen and oxygen atoms in total. The highest BCUT2D eigenvalue weighted by atomic mass is 14.9. The summed E-state index contributed by atoms with van der Waals surface area (Å²) < 4.78 is 0. The van der Waals surface area contributed by atoms with Crippen LogP contribution in [-0.2, 0) is 12.0 Å². The molecule has 0 aliphatic carbocycles. The summed E-state index contributed by atoms with van der Waals surface area (Å²) >= 11 is 0. The molecule has 0 radical (unpaired) electrons. The lowest BCUT2D eigenvalue weighted by Gasteiger charge is -2.20. The molecule has 1 rings (SSSR count). The molecule has 0 saturated heterocycles. The molecule has 0 fully saturated rings. The number of hydrogen-bond acceptors (Lipinski definition) is 2. The van der Waals surface area contributed by atoms with Gasteiger partial charge in [-0.25, -0.2) is 0 Å². The Morgan fingerprint density at radius 3 is 2.41 bits per heavy atom. The number of hydrogen-bond donors (Lipinski definition) is 1. The molecule has 1 heterocycles. The normalized spacial score (nSPS) is 12.2. The summed E-state index contributed by atoms with van der Waals surface area (Å²) in [4.78, 5) is 4.61. The van der Waals surface area contributed by atoms with Crippen LogP contribution in [0.4, 0.5) is 0 Å². The maximum atomic E-state index is 4.61. The molecule has 1 aromatic rings. The van der Waals surface area contributed by atoms with Crippen molar-refractivity contribution in [2.24, 2.45) is 5.92 Å². The molecule has 2 heteroatoms. The highest BCUT2D eigenvalue weighted by Gasteiger charge is 2.17. The van der Waals surface area contributed by atoms with Crippen LogP contribution < -0.4 is 5.32 Å². The van der Waals surface area contributed by atoms with E-state index in [0.29, 0.717) is 5.92 Å². The molecule has 17 heavy (non-hydrogen) atoms. The molecular weight excluding hydrogens is 208 g/mol. The van der Waals surface area contributed by atoms with Gasteiger partial charge in [0.2, 0.25) is 0 Å². The fraction of sp³-hybridized carbons (Fsp3) is 0.667. The molecule has 0 unspecified atom stereocenters. The Bertz CT molecular complexity index is 362. The van der Waals surface area contributed by atoms with Gasteiger partial charge in [-0.05, 0) is 30.5 Å². The van der Waals surface area contributed by atoms with E-state index in [1.54, 1.807) is 0 Å². The molecule has 0 atom stereocenters. The quantitative estimate of drug-likeness (QED) is 0.863. The predicted molar refractivity (Wildman–Crippen MR) is 74.2 cm³/mol. The molecule has 1 aromatic heterocycles. The summed E-state index contributed by atoms with van der Waals surface area (Å²) in [6.07, 6.45) is 2.00. The van der Waals surface area contributed by atoms with E-state index in [1.165, 1.54) is 16.8 Å². The van der Waals surface area contributed by atoms with Crippen LogP contribution >= 0.6 is 0 Å². The van der Waals surface area contributed by atoms with Crippen LogP contribution in [0, 0.1) is 12.8 Å². The monoisotopic (exact) mass is 234 g/mol. The van der Waals surface area contributed by atoms with E-state index in [0.717, 1.165) is 13.1 Å². The molecule has 0 bridgehead atoms. The van der Waals surface area contributed by atoms with Crippen molar-refractivity contribution in [2.75, 3.05) is 6.54 Å². The second-order valence-electron chi connectivity index (χ2n) is 6.28. The van der Waals surface area contributed by atoms with Crippen LogP contribution in [0.1, 0.15) is 51.4 Å². The number of rotatable bonds is 4. The average molecular weight is 234 g/mol. The minimum atomic E-state index is 0.133. The Hall–Kier alpha value is -0.890. The van der Waals surface area contributed by atoms with Gasteiger partial charge in [-0.2, -0.15) is 0 Å². The van der Waals surface area contributed by atoms with Crippen molar-refractivity contribution in [1.82, 2.24) is 10.3 Å². The van der Waals surface area contributed by atoms with Crippen LogP contribution in [0.2, 0.25) is 0 Å². The van der Waals surface area contributed by atoms with Gasteiger partial charge < -0.3 is 5.32 Å². The van der Waals surface area contributed by atoms with Crippen LogP contribution in [0.5, 0.6) is 0 Å². The maximum absolute atomic E-state index is 4.61. The van der Waals surface area contributed by atoms with E-state index in [2.05, 4.69) is 57.9 Å². The van der Waals surface area contributed by atoms with Crippen molar-refractivity contribution in [3.8, 4) is 0 Å². The predicted octanol–water partition coefficient (Wildman–Crippen LogP) is 3.43. The van der Waals surface area contributed by atoms with E-state index < -0.39 is 0 Å². The number of aromatic nitrogens is 1. The molecule has 0 aromatic carbocycles. The van der Waals surface area contributed by atoms with Gasteiger partial charge in [0.25, 0.3) is 0 Å². The van der Waals surface area contributed by atoms with Crippen molar-refractivity contribution in [2.45, 2.75) is 53.5 Å². The van der Waals surface area contributed by atoms with Gasteiger partial charge in [0.05, 0.1) is 0 Å². The van der Waals surface area contributed by atoms with Gasteiger partial charge in [0.15, 0.2) is 0 Å². The zero-order valence-electron chi connectivity index (χ0n) is 12.1. The van der Waals surface area contributed by atoms with Gasteiger partial charge in [0, 0.05) is 23.9 Å². The van der Waals surface area contributed by atoms with E-state index in [1.807, 2.05) is 6.20 Å². The van der Waals surface area contributed by atoms with Gasteiger partial charge in [-0.15, -0.1) is 0 Å². The minimum Gasteiger partial charge on any atom is -0.312 e. The fourth-order valence-corrected chi connectivity index (χ4v) is 2.02. The lowest BCUT2D eigenvalue weighted by Crippen LogP contribution is -2.20. The smallest absolute Gasteiger partial charge is 0.0486 e. The third-order valence-electron chi connectivity index (χ3n) is 2.73. The molecule has 0 spiro atoms. The van der Waals surface area contributed by atoms with E-state index in [4.69, 9.17) is 0 Å². The Kier molecular flexibility index (Phi) is 4.70. The van der Waals surface area contributed by atoms with Gasteiger partial charge in [-0.1, -0.05) is 40.7 Å². The maximum Gasteiger partial charge on any atom is 0.0486 e. The lowest BCUT2D eigenvalue weighted by atomic mass is 9.88. The Balaban J connectivity index is 2.69. The van der Waals surface area contributed by atoms with Crippen molar-refractivity contribution >= 4 is 0 Å². The van der Waals surface area contributed by atoms with Gasteiger partial charge >= 0.3 is 0 Å². The average Bonchev–Trinajstić information content (AvgIpc) is 2.14. The first-order chi connectivity index (χ1) is 7.80. The van der Waals surface area contributed by atoms with Crippen molar-refractivity contribution in [1.29, 1.82) is 0 Å². The summed E-state index contributed by atoms with van der Waals surface area (Å²) in [6.45, 7) is 15.2. The van der Waals surface area contributed by atoms with Crippen LogP contribution in [0.25, 0.3) is 0 Å². The molecule has 0 aliphatic rings. The zero-order valence-corrected chi connectivity index (χ0v) is 12.1. The first kappa shape index (κ1) is 14.2. The number of pyridine rings is 1. The topological polar surface area (TPSA) is 24.9 Å². The highest BCUT2D eigenvalue weighted by molar-refractivity contribution is 5.28. The van der Waals surface area contributed by atoms with E-state index >= 15 is 0 Å². The van der Waals surface area contributed by atoms with Crippen molar-refractivity contribution in [3.05, 3.63) is 29.1 Å². The zero-order chi connectivity index (χ0) is 13.1. The molecular formula is C15H26N2. The van der Waals surface area contributed by atoms with Crippen LogP contribution in [0.15, 0.2) is 12.3 Å². The third kappa shape index (κ3) is 4.47. The molecule has 0 amide bonds. The summed E-state index contributed by atoms with van der Waals surface area (Å²) in [6, 6.07) is 2.25. The summed E-state index contributed by atoms with van der Waals surface area (Å²) in [5.41, 5.74) is 3.90. The van der Waals surface area contributed by atoms with Crippen LogP contribution in [0.3, 0.4) is 0 Å². The van der Waals surface area contributed by atoms with Gasteiger partial charge in [-0.3, -0.25) is 4.98 Å². The van der Waals surface area contributed by atoms with Crippen molar-refractivity contribution < 1.29 is 0 Å². The summed E-state index contributed by atoms with van der Waals surface area (Å²) in [5, 5.41) is 3.45. The lowest BCUT2D eigenvalue weighted by molar-refractivity contribution is 0.547. The first-order valence-electron chi connectivity index (χ1n) is 6.47. The number of nitrogens with one attached hydrogen (secondary N) is 1. The number of nitrogens with zero attached hydrogens (tertiary/aromatic N) is 1. The fourth-order valence-electron chi connectivity index (χ4n) is 2.02. The third-order valence-corrected chi connectivity index (χ3v) is 2.73. The molecule has 1 N–H and O–H groups in total. The minimum absolute atomic E-state index is 0.133. The summed E-state index contributed by atoms with van der Waals surface area (Å²) in [7, 11) is 0. The molecule has 0 saturated carbocycles. The highest BCUT2D eigenvalue weighted by Crippen LogP contribution is 2.23. The molecule has 96 valence electrons. The SMILES string of the molecule is Cc1cc(CNCC(C)C)cnc1C(C)(C)C. The standard InChI is InChI=1S/C15H26N2/c1-11(2)8-16-9-13-7-12(3)14(17-10-13)15(4,5)6/h7,10-11,16H,8-9H2,1-6H3. The number of aryl methyl sites for hydroxylation is 1.